The van der Waals surface area contributed by atoms with Crippen molar-refractivity contribution in [2.75, 3.05) is 0 Å². The zero-order valence-electron chi connectivity index (χ0n) is 12.7. The zero-order valence-corrected chi connectivity index (χ0v) is 12.7. The van der Waals surface area contributed by atoms with Crippen LogP contribution in [0.4, 0.5) is 13.2 Å². The Morgan fingerprint density at radius 1 is 1.12 bits per heavy atom. The monoisotopic (exact) mass is 350 g/mol. The first-order valence-corrected chi connectivity index (χ1v) is 7.28. The van der Waals surface area contributed by atoms with Crippen LogP contribution < -0.4 is 0 Å². The molecule has 1 heterocycles. The molecule has 0 radical (unpaired) electrons. The number of halogens is 3. The predicted octanol–water partition coefficient (Wildman–Crippen LogP) is 2.89. The Bertz CT molecular complexity index is 837. The third kappa shape index (κ3) is 2.96. The van der Waals surface area contributed by atoms with Crippen molar-refractivity contribution in [3.05, 3.63) is 65.7 Å². The van der Waals surface area contributed by atoms with E-state index in [0.717, 1.165) is 6.07 Å². The van der Waals surface area contributed by atoms with E-state index in [4.69, 9.17) is 0 Å². The largest absolute Gasteiger partial charge is 0.508 e. The van der Waals surface area contributed by atoms with Gasteiger partial charge in [0.25, 0.3) is 11.6 Å². The summed E-state index contributed by atoms with van der Waals surface area (Å²) >= 11 is 0. The maximum Gasteiger partial charge on any atom is 0.438 e. The van der Waals surface area contributed by atoms with Gasteiger partial charge in [0.1, 0.15) is 5.75 Å². The standard InChI is InChI=1S/C17H13F3N2O3/c18-17(19,20)16(25)10-14(11-5-2-1-3-6-11)21-22(16)15(24)12-7-4-8-13(23)9-12/h1-9,23,25H,10H2/t16-/m0/s1. The molecule has 1 amide bonds. The quantitative estimate of drug-likeness (QED) is 0.875. The average molecular weight is 350 g/mol. The Kier molecular flexibility index (Phi) is 4.00. The van der Waals surface area contributed by atoms with Gasteiger partial charge in [0.2, 0.25) is 0 Å². The van der Waals surface area contributed by atoms with Crippen LogP contribution in [0.25, 0.3) is 0 Å². The molecule has 1 aliphatic heterocycles. The number of amides is 1. The van der Waals surface area contributed by atoms with Crippen LogP contribution in [0.2, 0.25) is 0 Å². The van der Waals surface area contributed by atoms with Gasteiger partial charge in [-0.1, -0.05) is 36.4 Å². The van der Waals surface area contributed by atoms with Crippen LogP contribution >= 0.6 is 0 Å². The highest BCUT2D eigenvalue weighted by Crippen LogP contribution is 2.42. The number of rotatable bonds is 2. The fraction of sp³-hybridized carbons (Fsp3) is 0.176. The normalized spacial score (nSPS) is 20.5. The molecule has 5 nitrogen and oxygen atoms in total. The molecule has 2 aromatic rings. The summed E-state index contributed by atoms with van der Waals surface area (Å²) in [6.07, 6.45) is -6.00. The summed E-state index contributed by atoms with van der Waals surface area (Å²) in [5.41, 5.74) is -3.37. The zero-order chi connectivity index (χ0) is 18.2. The lowest BCUT2D eigenvalue weighted by Gasteiger charge is -2.32. The number of alkyl halides is 3. The maximum atomic E-state index is 13.5. The minimum atomic E-state index is -5.11. The number of hydrogen-bond donors (Lipinski definition) is 2. The van der Waals surface area contributed by atoms with Gasteiger partial charge in [-0.05, 0) is 23.8 Å². The van der Waals surface area contributed by atoms with E-state index in [9.17, 15) is 28.2 Å². The van der Waals surface area contributed by atoms with Gasteiger partial charge >= 0.3 is 6.18 Å². The topological polar surface area (TPSA) is 73.1 Å². The van der Waals surface area contributed by atoms with Crippen LogP contribution in [0.3, 0.4) is 0 Å². The number of carbonyl (C=O) groups excluding carboxylic acids is 1. The van der Waals surface area contributed by atoms with Crippen LogP contribution in [0.1, 0.15) is 22.3 Å². The summed E-state index contributed by atoms with van der Waals surface area (Å²) in [4.78, 5) is 12.5. The highest BCUT2D eigenvalue weighted by atomic mass is 19.4. The van der Waals surface area contributed by atoms with Crippen molar-refractivity contribution in [1.29, 1.82) is 0 Å². The lowest BCUT2D eigenvalue weighted by Crippen LogP contribution is -2.56. The molecule has 130 valence electrons. The minimum Gasteiger partial charge on any atom is -0.508 e. The van der Waals surface area contributed by atoms with Gasteiger partial charge in [-0.3, -0.25) is 4.79 Å². The number of benzene rings is 2. The van der Waals surface area contributed by atoms with Crippen molar-refractivity contribution in [3.8, 4) is 5.75 Å². The summed E-state index contributed by atoms with van der Waals surface area (Å²) in [5.74, 6) is -1.45. The Balaban J connectivity index is 2.06. The average Bonchev–Trinajstić information content (AvgIpc) is 2.94. The fourth-order valence-corrected chi connectivity index (χ4v) is 2.53. The molecule has 0 bridgehead atoms. The first-order chi connectivity index (χ1) is 11.7. The minimum absolute atomic E-state index is 0.0319. The molecule has 2 N–H and O–H groups in total. The molecule has 0 aromatic heterocycles. The van der Waals surface area contributed by atoms with Gasteiger partial charge < -0.3 is 10.2 Å². The van der Waals surface area contributed by atoms with Crippen LogP contribution in [0.15, 0.2) is 59.7 Å². The molecule has 2 aromatic carbocycles. The number of carbonyl (C=O) groups is 1. The van der Waals surface area contributed by atoms with Crippen molar-refractivity contribution >= 4 is 11.6 Å². The highest BCUT2D eigenvalue weighted by Gasteiger charge is 2.63. The molecule has 0 fully saturated rings. The molecular weight excluding hydrogens is 337 g/mol. The SMILES string of the molecule is O=C(c1cccc(O)c1)N1N=C(c2ccccc2)C[C@]1(O)C(F)(F)F. The highest BCUT2D eigenvalue weighted by molar-refractivity contribution is 6.05. The second kappa shape index (κ2) is 5.89. The van der Waals surface area contributed by atoms with Crippen LogP contribution in [0.5, 0.6) is 5.75 Å². The van der Waals surface area contributed by atoms with E-state index in [2.05, 4.69) is 5.10 Å². The van der Waals surface area contributed by atoms with E-state index in [1.807, 2.05) is 0 Å². The summed E-state index contributed by atoms with van der Waals surface area (Å²) in [6, 6.07) is 12.8. The van der Waals surface area contributed by atoms with Crippen LogP contribution in [-0.2, 0) is 0 Å². The van der Waals surface area contributed by atoms with E-state index in [0.29, 0.717) is 5.56 Å². The summed E-state index contributed by atoms with van der Waals surface area (Å²) in [7, 11) is 0. The molecule has 0 saturated carbocycles. The summed E-state index contributed by atoms with van der Waals surface area (Å²) in [5, 5.41) is 23.4. The number of hydrogen-bond acceptors (Lipinski definition) is 4. The molecule has 8 heteroatoms. The Hall–Kier alpha value is -2.87. The van der Waals surface area contributed by atoms with Gasteiger partial charge in [0, 0.05) is 5.56 Å². The first kappa shape index (κ1) is 17.0. The first-order valence-electron chi connectivity index (χ1n) is 7.28. The molecule has 0 aliphatic carbocycles. The van der Waals surface area contributed by atoms with Gasteiger partial charge in [-0.2, -0.15) is 23.3 Å². The van der Waals surface area contributed by atoms with E-state index in [-0.39, 0.29) is 22.0 Å². The number of hydrazone groups is 1. The molecule has 25 heavy (non-hydrogen) atoms. The van der Waals surface area contributed by atoms with Crippen molar-refractivity contribution in [2.24, 2.45) is 5.10 Å². The predicted molar refractivity (Wildman–Crippen MR) is 82.9 cm³/mol. The smallest absolute Gasteiger partial charge is 0.438 e. The lowest BCUT2D eigenvalue weighted by atomic mass is 10.0. The number of phenolic OH excluding ortho intramolecular Hbond substituents is 1. The number of aromatic hydroxyl groups is 1. The second-order valence-electron chi connectivity index (χ2n) is 5.57. The Labute approximate surface area is 140 Å². The van der Waals surface area contributed by atoms with Crippen molar-refractivity contribution in [3.63, 3.8) is 0 Å². The maximum absolute atomic E-state index is 13.5. The third-order valence-electron chi connectivity index (χ3n) is 3.83. The molecule has 0 spiro atoms. The lowest BCUT2D eigenvalue weighted by molar-refractivity contribution is -0.297. The van der Waals surface area contributed by atoms with Crippen molar-refractivity contribution in [2.45, 2.75) is 18.3 Å². The number of phenols is 1. The number of nitrogens with zero attached hydrogens (tertiary/aromatic N) is 2. The molecule has 1 atom stereocenters. The summed E-state index contributed by atoms with van der Waals surface area (Å²) in [6.45, 7) is 0. The molecule has 0 unspecified atom stereocenters. The van der Waals surface area contributed by atoms with Crippen molar-refractivity contribution in [1.82, 2.24) is 5.01 Å². The molecule has 3 rings (SSSR count). The van der Waals surface area contributed by atoms with Gasteiger partial charge in [0.15, 0.2) is 0 Å². The molecular formula is C17H13F3N2O3. The van der Waals surface area contributed by atoms with Gasteiger partial charge in [0.05, 0.1) is 12.1 Å². The second-order valence-corrected chi connectivity index (χ2v) is 5.57. The van der Waals surface area contributed by atoms with E-state index < -0.39 is 24.2 Å². The summed E-state index contributed by atoms with van der Waals surface area (Å²) < 4.78 is 40.4. The van der Waals surface area contributed by atoms with E-state index in [1.54, 1.807) is 18.2 Å². The Morgan fingerprint density at radius 2 is 1.80 bits per heavy atom. The van der Waals surface area contributed by atoms with Gasteiger partial charge in [-0.15, -0.1) is 0 Å². The molecule has 0 saturated heterocycles. The number of aliphatic hydroxyl groups is 1. The fourth-order valence-electron chi connectivity index (χ4n) is 2.53. The van der Waals surface area contributed by atoms with E-state index in [1.165, 1.54) is 30.3 Å². The van der Waals surface area contributed by atoms with E-state index >= 15 is 0 Å². The van der Waals surface area contributed by atoms with Gasteiger partial charge in [-0.25, -0.2) is 0 Å². The van der Waals surface area contributed by atoms with Crippen LogP contribution in [-0.4, -0.2) is 38.7 Å². The third-order valence-corrected chi connectivity index (χ3v) is 3.83. The molecule has 1 aliphatic rings. The van der Waals surface area contributed by atoms with Crippen LogP contribution in [0, 0.1) is 0 Å². The van der Waals surface area contributed by atoms with Crippen molar-refractivity contribution < 1.29 is 28.2 Å². The Morgan fingerprint density at radius 3 is 2.40 bits per heavy atom.